The molecule has 27 heavy (non-hydrogen) atoms. The van der Waals surface area contributed by atoms with E-state index in [2.05, 4.69) is 0 Å². The monoisotopic (exact) mass is 402 g/mol. The Labute approximate surface area is 164 Å². The molecule has 4 nitrogen and oxygen atoms in total. The molecule has 7 heteroatoms. The van der Waals surface area contributed by atoms with Crippen molar-refractivity contribution in [3.8, 4) is 0 Å². The molecule has 1 aliphatic rings. The number of aryl methyl sites for hydroxylation is 2. The summed E-state index contributed by atoms with van der Waals surface area (Å²) < 4.78 is 14.7. The van der Waals surface area contributed by atoms with Crippen LogP contribution in [-0.2, 0) is 19.4 Å². The minimum absolute atomic E-state index is 0.0120. The van der Waals surface area contributed by atoms with Crippen molar-refractivity contribution in [3.05, 3.63) is 56.4 Å². The van der Waals surface area contributed by atoms with E-state index in [9.17, 15) is 14.0 Å². The number of aromatic nitrogens is 2. The van der Waals surface area contributed by atoms with E-state index >= 15 is 0 Å². The van der Waals surface area contributed by atoms with E-state index in [0.29, 0.717) is 17.3 Å². The van der Waals surface area contributed by atoms with Crippen molar-refractivity contribution >= 4 is 39.1 Å². The zero-order valence-corrected chi connectivity index (χ0v) is 16.6. The fourth-order valence-electron chi connectivity index (χ4n) is 3.44. The zero-order valence-electron chi connectivity index (χ0n) is 15.0. The van der Waals surface area contributed by atoms with Gasteiger partial charge in [-0.05, 0) is 55.5 Å². The van der Waals surface area contributed by atoms with Crippen molar-refractivity contribution in [3.63, 3.8) is 0 Å². The van der Waals surface area contributed by atoms with Crippen molar-refractivity contribution in [1.29, 1.82) is 0 Å². The molecule has 0 saturated carbocycles. The van der Waals surface area contributed by atoms with Gasteiger partial charge < -0.3 is 0 Å². The molecule has 4 rings (SSSR count). The Balaban J connectivity index is 1.66. The Kier molecular flexibility index (Phi) is 5.14. The molecule has 0 N–H and O–H groups in total. The lowest BCUT2D eigenvalue weighted by molar-refractivity contribution is 0.102. The van der Waals surface area contributed by atoms with Gasteiger partial charge in [-0.3, -0.25) is 14.2 Å². The van der Waals surface area contributed by atoms with Crippen LogP contribution in [0.3, 0.4) is 0 Å². The molecule has 0 unspecified atom stereocenters. The van der Waals surface area contributed by atoms with Crippen molar-refractivity contribution in [2.24, 2.45) is 0 Å². The van der Waals surface area contributed by atoms with Crippen molar-refractivity contribution < 1.29 is 9.18 Å². The van der Waals surface area contributed by atoms with Gasteiger partial charge in [-0.15, -0.1) is 11.3 Å². The number of benzene rings is 1. The van der Waals surface area contributed by atoms with Gasteiger partial charge in [0.2, 0.25) is 0 Å². The molecule has 0 spiro atoms. The van der Waals surface area contributed by atoms with Gasteiger partial charge >= 0.3 is 0 Å². The molecule has 0 atom stereocenters. The van der Waals surface area contributed by atoms with Crippen LogP contribution in [0.15, 0.2) is 34.2 Å². The fourth-order valence-corrected chi connectivity index (χ4v) is 5.66. The number of carbonyl (C=O) groups excluding carboxylic acids is 1. The summed E-state index contributed by atoms with van der Waals surface area (Å²) in [4.78, 5) is 32.3. The lowest BCUT2D eigenvalue weighted by Crippen LogP contribution is -2.23. The summed E-state index contributed by atoms with van der Waals surface area (Å²) in [7, 11) is 0. The first-order chi connectivity index (χ1) is 13.1. The summed E-state index contributed by atoms with van der Waals surface area (Å²) in [5.74, 6) is -0.307. The van der Waals surface area contributed by atoms with Gasteiger partial charge in [0, 0.05) is 17.0 Å². The van der Waals surface area contributed by atoms with E-state index in [0.717, 1.165) is 35.9 Å². The molecule has 140 valence electrons. The standard InChI is InChI=1S/C20H19FN2O2S2/c1-2-10-23-19(25)17-14-4-3-5-16(14)27-18(17)22-20(23)26-11-15(24)12-6-8-13(21)9-7-12/h6-9H,2-5,10-11H2,1H3. The van der Waals surface area contributed by atoms with Gasteiger partial charge in [-0.2, -0.15) is 0 Å². The van der Waals surface area contributed by atoms with E-state index in [1.54, 1.807) is 15.9 Å². The molecule has 0 fully saturated rings. The molecule has 2 heterocycles. The lowest BCUT2D eigenvalue weighted by atomic mass is 10.1. The summed E-state index contributed by atoms with van der Waals surface area (Å²) in [5.41, 5.74) is 1.65. The van der Waals surface area contributed by atoms with E-state index < -0.39 is 0 Å². The topological polar surface area (TPSA) is 52.0 Å². The van der Waals surface area contributed by atoms with Gasteiger partial charge in [-0.1, -0.05) is 18.7 Å². The van der Waals surface area contributed by atoms with E-state index in [-0.39, 0.29) is 22.9 Å². The number of hydrogen-bond acceptors (Lipinski definition) is 5. The van der Waals surface area contributed by atoms with Crippen molar-refractivity contribution in [1.82, 2.24) is 9.55 Å². The van der Waals surface area contributed by atoms with Crippen LogP contribution in [-0.4, -0.2) is 21.1 Å². The Bertz CT molecular complexity index is 1070. The number of carbonyl (C=O) groups is 1. The predicted octanol–water partition coefficient (Wildman–Crippen LogP) is 4.47. The Morgan fingerprint density at radius 1 is 1.30 bits per heavy atom. The molecular weight excluding hydrogens is 383 g/mol. The summed E-state index contributed by atoms with van der Waals surface area (Å²) in [5, 5.41) is 1.36. The Morgan fingerprint density at radius 2 is 2.07 bits per heavy atom. The smallest absolute Gasteiger partial charge is 0.263 e. The van der Waals surface area contributed by atoms with Gasteiger partial charge in [0.15, 0.2) is 10.9 Å². The number of halogens is 1. The second kappa shape index (κ2) is 7.56. The van der Waals surface area contributed by atoms with Gasteiger partial charge in [0.05, 0.1) is 11.1 Å². The number of fused-ring (bicyclic) bond motifs is 3. The normalized spacial score (nSPS) is 13.3. The molecule has 0 amide bonds. The summed E-state index contributed by atoms with van der Waals surface area (Å²) in [6.07, 6.45) is 3.90. The molecule has 0 aliphatic heterocycles. The van der Waals surface area contributed by atoms with Crippen LogP contribution in [0.5, 0.6) is 0 Å². The van der Waals surface area contributed by atoms with E-state index in [1.807, 2.05) is 6.92 Å². The first kappa shape index (κ1) is 18.4. The van der Waals surface area contributed by atoms with Crippen LogP contribution in [0.2, 0.25) is 0 Å². The average Bonchev–Trinajstić information content (AvgIpc) is 3.23. The van der Waals surface area contributed by atoms with Gasteiger partial charge in [-0.25, -0.2) is 9.37 Å². The molecule has 3 aromatic rings. The van der Waals surface area contributed by atoms with Crippen LogP contribution in [0, 0.1) is 5.82 Å². The number of thiophene rings is 1. The number of Topliss-reactive ketones (excluding diaryl/α,β-unsaturated/α-hetero) is 1. The second-order valence-corrected chi connectivity index (χ2v) is 8.63. The molecule has 0 bridgehead atoms. The molecular formula is C20H19FN2O2S2. The largest absolute Gasteiger partial charge is 0.293 e. The van der Waals surface area contributed by atoms with Crippen molar-refractivity contribution in [2.75, 3.05) is 5.75 Å². The predicted molar refractivity (Wildman–Crippen MR) is 108 cm³/mol. The number of ketones is 1. The number of thioether (sulfide) groups is 1. The molecule has 0 radical (unpaired) electrons. The Morgan fingerprint density at radius 3 is 2.81 bits per heavy atom. The molecule has 2 aromatic heterocycles. The van der Waals surface area contributed by atoms with E-state index in [4.69, 9.17) is 4.98 Å². The lowest BCUT2D eigenvalue weighted by Gasteiger charge is -2.11. The molecule has 1 aliphatic carbocycles. The third-order valence-electron chi connectivity index (χ3n) is 4.74. The fraction of sp³-hybridized carbons (Fsp3) is 0.350. The molecule has 0 saturated heterocycles. The average molecular weight is 403 g/mol. The van der Waals surface area contributed by atoms with Crippen LogP contribution in [0.25, 0.3) is 10.2 Å². The summed E-state index contributed by atoms with van der Waals surface area (Å²) >= 11 is 2.89. The summed E-state index contributed by atoms with van der Waals surface area (Å²) in [6.45, 7) is 2.60. The highest BCUT2D eigenvalue weighted by atomic mass is 32.2. The SMILES string of the molecule is CCCn1c(SCC(=O)c2ccc(F)cc2)nc2sc3c(c2c1=O)CCC3. The quantitative estimate of drug-likeness (QED) is 0.347. The Hall–Kier alpha value is -1.99. The highest BCUT2D eigenvalue weighted by molar-refractivity contribution is 7.99. The minimum Gasteiger partial charge on any atom is -0.293 e. The van der Waals surface area contributed by atoms with Crippen LogP contribution in [0.1, 0.15) is 40.6 Å². The second-order valence-electron chi connectivity index (χ2n) is 6.61. The highest BCUT2D eigenvalue weighted by Crippen LogP contribution is 2.35. The number of hydrogen-bond donors (Lipinski definition) is 0. The van der Waals surface area contributed by atoms with Crippen molar-refractivity contribution in [2.45, 2.75) is 44.3 Å². The van der Waals surface area contributed by atoms with Gasteiger partial charge in [0.25, 0.3) is 5.56 Å². The van der Waals surface area contributed by atoms with E-state index in [1.165, 1.54) is 46.5 Å². The maximum atomic E-state index is 13.1. The van der Waals surface area contributed by atoms with Crippen LogP contribution < -0.4 is 5.56 Å². The maximum Gasteiger partial charge on any atom is 0.263 e. The first-order valence-corrected chi connectivity index (χ1v) is 10.9. The summed E-state index contributed by atoms with van der Waals surface area (Å²) in [6, 6.07) is 5.53. The van der Waals surface area contributed by atoms with Crippen LogP contribution in [0.4, 0.5) is 4.39 Å². The van der Waals surface area contributed by atoms with Gasteiger partial charge in [0.1, 0.15) is 10.6 Å². The maximum absolute atomic E-state index is 13.1. The highest BCUT2D eigenvalue weighted by Gasteiger charge is 2.23. The van der Waals surface area contributed by atoms with Crippen LogP contribution >= 0.6 is 23.1 Å². The minimum atomic E-state index is -0.367. The molecule has 1 aromatic carbocycles. The first-order valence-electron chi connectivity index (χ1n) is 9.05. The zero-order chi connectivity index (χ0) is 19.0. The number of rotatable bonds is 6. The third kappa shape index (κ3) is 3.46. The third-order valence-corrected chi connectivity index (χ3v) is 6.90. The number of nitrogens with zero attached hydrogens (tertiary/aromatic N) is 2.